The number of hydrogen-bond donors (Lipinski definition) is 1. The maximum atomic E-state index is 10.3. The highest BCUT2D eigenvalue weighted by atomic mass is 16.4. The molecule has 0 fully saturated rings. The van der Waals surface area contributed by atoms with Gasteiger partial charge in [0.25, 0.3) is 0 Å². The molecule has 0 heterocycles. The second kappa shape index (κ2) is 5.81. The van der Waals surface area contributed by atoms with Crippen molar-refractivity contribution >= 4 is 5.97 Å². The van der Waals surface area contributed by atoms with Gasteiger partial charge in [0.1, 0.15) is 0 Å². The molecule has 12 heavy (non-hydrogen) atoms. The summed E-state index contributed by atoms with van der Waals surface area (Å²) < 4.78 is 0. The fourth-order valence-electron chi connectivity index (χ4n) is 0.964. The molecule has 0 aromatic rings. The Balaban J connectivity index is 3.56. The number of carboxylic acids is 1. The Hall–Kier alpha value is -0.790. The Bertz CT molecular complexity index is 159. The number of carboxylic acid groups (broad SMARTS) is 1. The molecule has 2 nitrogen and oxygen atoms in total. The summed E-state index contributed by atoms with van der Waals surface area (Å²) in [6.45, 7) is 6.18. The summed E-state index contributed by atoms with van der Waals surface area (Å²) in [5.41, 5.74) is 0. The second-order valence-electron chi connectivity index (χ2n) is 3.61. The summed E-state index contributed by atoms with van der Waals surface area (Å²) in [4.78, 5) is 10.3. The molecule has 1 unspecified atom stereocenters. The fourth-order valence-corrected chi connectivity index (χ4v) is 0.964. The number of carbonyl (C=O) groups is 1. The quantitative estimate of drug-likeness (QED) is 0.644. The van der Waals surface area contributed by atoms with Crippen molar-refractivity contribution in [1.82, 2.24) is 0 Å². The van der Waals surface area contributed by atoms with Gasteiger partial charge in [-0.3, -0.25) is 4.79 Å². The van der Waals surface area contributed by atoms with Crippen molar-refractivity contribution in [3.63, 3.8) is 0 Å². The molecular formula is C10H18O2. The van der Waals surface area contributed by atoms with E-state index >= 15 is 0 Å². The van der Waals surface area contributed by atoms with Gasteiger partial charge >= 0.3 is 5.97 Å². The van der Waals surface area contributed by atoms with Crippen LogP contribution in [0.15, 0.2) is 12.2 Å². The summed E-state index contributed by atoms with van der Waals surface area (Å²) in [5, 5.41) is 8.47. The Morgan fingerprint density at radius 1 is 1.42 bits per heavy atom. The van der Waals surface area contributed by atoms with Gasteiger partial charge in [-0.15, -0.1) is 0 Å². The van der Waals surface area contributed by atoms with Gasteiger partial charge in [0.05, 0.1) is 0 Å². The van der Waals surface area contributed by atoms with Crippen LogP contribution in [0.4, 0.5) is 0 Å². The minimum absolute atomic E-state index is 0.248. The van der Waals surface area contributed by atoms with E-state index in [9.17, 15) is 4.79 Å². The first kappa shape index (κ1) is 11.2. The van der Waals surface area contributed by atoms with Gasteiger partial charge in [-0.2, -0.15) is 0 Å². The van der Waals surface area contributed by atoms with Crippen LogP contribution in [0.5, 0.6) is 0 Å². The lowest BCUT2D eigenvalue weighted by atomic mass is 10.0. The van der Waals surface area contributed by atoms with Gasteiger partial charge in [0.15, 0.2) is 0 Å². The van der Waals surface area contributed by atoms with Crippen molar-refractivity contribution in [3.05, 3.63) is 12.2 Å². The molecule has 0 aliphatic rings. The number of hydrogen-bond acceptors (Lipinski definition) is 1. The molecule has 0 aromatic carbocycles. The first-order valence-corrected chi connectivity index (χ1v) is 4.40. The van der Waals surface area contributed by atoms with Crippen molar-refractivity contribution in [2.75, 3.05) is 0 Å². The van der Waals surface area contributed by atoms with Crippen LogP contribution in [-0.4, -0.2) is 11.1 Å². The number of rotatable bonds is 5. The van der Waals surface area contributed by atoms with Crippen LogP contribution >= 0.6 is 0 Å². The van der Waals surface area contributed by atoms with Crippen molar-refractivity contribution in [2.24, 2.45) is 11.8 Å². The van der Waals surface area contributed by atoms with Gasteiger partial charge in [0.2, 0.25) is 0 Å². The summed E-state index contributed by atoms with van der Waals surface area (Å²) in [7, 11) is 0. The monoisotopic (exact) mass is 170 g/mol. The molecular weight excluding hydrogens is 152 g/mol. The zero-order chi connectivity index (χ0) is 9.56. The zero-order valence-corrected chi connectivity index (χ0v) is 8.08. The van der Waals surface area contributed by atoms with Crippen LogP contribution in [0.2, 0.25) is 0 Å². The number of allylic oxidation sites excluding steroid dienone is 2. The molecule has 1 atom stereocenters. The molecule has 0 saturated heterocycles. The maximum Gasteiger partial charge on any atom is 0.303 e. The molecule has 0 rings (SSSR count). The topological polar surface area (TPSA) is 37.3 Å². The Labute approximate surface area is 74.3 Å². The van der Waals surface area contributed by atoms with E-state index in [1.54, 1.807) is 0 Å². The first-order valence-electron chi connectivity index (χ1n) is 4.40. The van der Waals surface area contributed by atoms with Gasteiger partial charge < -0.3 is 5.11 Å². The Kier molecular flexibility index (Phi) is 5.43. The summed E-state index contributed by atoms with van der Waals surface area (Å²) in [6, 6.07) is 0. The summed E-state index contributed by atoms with van der Waals surface area (Å²) >= 11 is 0. The predicted octanol–water partition coefficient (Wildman–Crippen LogP) is 2.70. The first-order chi connectivity index (χ1) is 5.52. The van der Waals surface area contributed by atoms with E-state index in [1.165, 1.54) is 0 Å². The summed E-state index contributed by atoms with van der Waals surface area (Å²) in [6.07, 6.45) is 5.31. The van der Waals surface area contributed by atoms with Crippen LogP contribution in [-0.2, 0) is 4.79 Å². The molecule has 0 saturated carbocycles. The molecule has 70 valence electrons. The van der Waals surface area contributed by atoms with Gasteiger partial charge in [-0.05, 0) is 18.3 Å². The smallest absolute Gasteiger partial charge is 0.303 e. The molecule has 0 amide bonds. The zero-order valence-electron chi connectivity index (χ0n) is 8.08. The van der Waals surface area contributed by atoms with Crippen LogP contribution in [0, 0.1) is 11.8 Å². The molecule has 0 radical (unpaired) electrons. The van der Waals surface area contributed by atoms with Crippen LogP contribution in [0.25, 0.3) is 0 Å². The lowest BCUT2D eigenvalue weighted by Crippen LogP contribution is -2.02. The molecule has 0 aliphatic heterocycles. The highest BCUT2D eigenvalue weighted by Gasteiger charge is 2.04. The van der Waals surface area contributed by atoms with E-state index in [0.717, 1.165) is 6.42 Å². The maximum absolute atomic E-state index is 10.3. The van der Waals surface area contributed by atoms with E-state index in [4.69, 9.17) is 5.11 Å². The summed E-state index contributed by atoms with van der Waals surface area (Å²) in [5.74, 6) is 0.0972. The minimum Gasteiger partial charge on any atom is -0.481 e. The molecule has 2 heteroatoms. The highest BCUT2D eigenvalue weighted by Crippen LogP contribution is 2.08. The third-order valence-electron chi connectivity index (χ3n) is 1.58. The van der Waals surface area contributed by atoms with Gasteiger partial charge in [-0.25, -0.2) is 0 Å². The Morgan fingerprint density at radius 3 is 2.42 bits per heavy atom. The van der Waals surface area contributed by atoms with Gasteiger partial charge in [0, 0.05) is 6.42 Å². The molecule has 0 aromatic heterocycles. The average Bonchev–Trinajstić information content (AvgIpc) is 1.84. The standard InChI is InChI=1S/C10H18O2/c1-8(2)5-4-6-9(3)7-10(11)12/h4-5,8-9H,6-7H2,1-3H3,(H,11,12). The Morgan fingerprint density at radius 2 is 2.00 bits per heavy atom. The predicted molar refractivity (Wildman–Crippen MR) is 50.0 cm³/mol. The van der Waals surface area contributed by atoms with Crippen LogP contribution < -0.4 is 0 Å². The lowest BCUT2D eigenvalue weighted by molar-refractivity contribution is -0.137. The fraction of sp³-hybridized carbons (Fsp3) is 0.700. The normalized spacial score (nSPS) is 14.0. The van der Waals surface area contributed by atoms with Crippen molar-refractivity contribution < 1.29 is 9.90 Å². The third kappa shape index (κ3) is 7.32. The van der Waals surface area contributed by atoms with E-state index in [1.807, 2.05) is 6.92 Å². The minimum atomic E-state index is -0.708. The van der Waals surface area contributed by atoms with Crippen molar-refractivity contribution in [1.29, 1.82) is 0 Å². The molecule has 0 aliphatic carbocycles. The van der Waals surface area contributed by atoms with E-state index < -0.39 is 5.97 Å². The van der Waals surface area contributed by atoms with E-state index in [0.29, 0.717) is 5.92 Å². The van der Waals surface area contributed by atoms with Crippen molar-refractivity contribution in [3.8, 4) is 0 Å². The van der Waals surface area contributed by atoms with E-state index in [2.05, 4.69) is 26.0 Å². The van der Waals surface area contributed by atoms with Crippen LogP contribution in [0.3, 0.4) is 0 Å². The van der Waals surface area contributed by atoms with Crippen molar-refractivity contribution in [2.45, 2.75) is 33.6 Å². The third-order valence-corrected chi connectivity index (χ3v) is 1.58. The largest absolute Gasteiger partial charge is 0.481 e. The van der Waals surface area contributed by atoms with Crippen LogP contribution in [0.1, 0.15) is 33.6 Å². The molecule has 1 N–H and O–H groups in total. The van der Waals surface area contributed by atoms with Gasteiger partial charge in [-0.1, -0.05) is 32.9 Å². The number of aliphatic carboxylic acids is 1. The average molecular weight is 170 g/mol. The molecule has 0 bridgehead atoms. The lowest BCUT2D eigenvalue weighted by Gasteiger charge is -2.03. The SMILES string of the molecule is CC(C)C=CCC(C)CC(=O)O. The molecule has 0 spiro atoms. The van der Waals surface area contributed by atoms with E-state index in [-0.39, 0.29) is 12.3 Å². The highest BCUT2D eigenvalue weighted by molar-refractivity contribution is 5.66. The second-order valence-corrected chi connectivity index (χ2v) is 3.61.